The number of rotatable bonds is 5. The maximum atomic E-state index is 9.31. The topological polar surface area (TPSA) is 50.9 Å². The van der Waals surface area contributed by atoms with Crippen LogP contribution in [0.4, 0.5) is 0 Å². The summed E-state index contributed by atoms with van der Waals surface area (Å²) >= 11 is 0. The Labute approximate surface area is 107 Å². The zero-order valence-electron chi connectivity index (χ0n) is 10.9. The van der Waals surface area contributed by atoms with Gasteiger partial charge < -0.3 is 5.11 Å². The average molecular weight is 245 g/mol. The molecule has 0 bridgehead atoms. The van der Waals surface area contributed by atoms with Gasteiger partial charge in [-0.1, -0.05) is 24.3 Å². The number of benzene rings is 1. The van der Waals surface area contributed by atoms with E-state index in [1.165, 1.54) is 5.56 Å². The standard InChI is InChI=1S/C14H19N3O/c1-3-11(12-5-7-14(18)8-6-12)9-13-10-17(4-2)16-15-13/h5-8,10-11,18H,3-4,9H2,1-2H3. The van der Waals surface area contributed by atoms with Crippen molar-refractivity contribution in [2.75, 3.05) is 0 Å². The Morgan fingerprint density at radius 1 is 1.22 bits per heavy atom. The van der Waals surface area contributed by atoms with Gasteiger partial charge in [0, 0.05) is 12.7 Å². The van der Waals surface area contributed by atoms with Gasteiger partial charge >= 0.3 is 0 Å². The molecule has 0 aliphatic rings. The molecule has 1 atom stereocenters. The molecule has 0 radical (unpaired) electrons. The largest absolute Gasteiger partial charge is 0.508 e. The highest BCUT2D eigenvalue weighted by atomic mass is 16.3. The lowest BCUT2D eigenvalue weighted by Crippen LogP contribution is -2.02. The second-order valence-corrected chi connectivity index (χ2v) is 4.47. The van der Waals surface area contributed by atoms with E-state index in [0.717, 1.165) is 25.1 Å². The van der Waals surface area contributed by atoms with Crippen molar-refractivity contribution in [1.82, 2.24) is 15.0 Å². The van der Waals surface area contributed by atoms with Crippen LogP contribution in [0.15, 0.2) is 30.5 Å². The van der Waals surface area contributed by atoms with Gasteiger partial charge in [0.15, 0.2) is 0 Å². The summed E-state index contributed by atoms with van der Waals surface area (Å²) in [6, 6.07) is 7.43. The van der Waals surface area contributed by atoms with Crippen molar-refractivity contribution in [3.8, 4) is 5.75 Å². The van der Waals surface area contributed by atoms with Crippen molar-refractivity contribution in [2.45, 2.75) is 39.2 Å². The highest BCUT2D eigenvalue weighted by molar-refractivity contribution is 5.29. The molecular formula is C14H19N3O. The second kappa shape index (κ2) is 5.67. The minimum absolute atomic E-state index is 0.311. The molecule has 0 amide bonds. The monoisotopic (exact) mass is 245 g/mol. The molecule has 96 valence electrons. The Hall–Kier alpha value is -1.84. The van der Waals surface area contributed by atoms with Crippen LogP contribution in [-0.4, -0.2) is 20.1 Å². The molecule has 4 heteroatoms. The minimum atomic E-state index is 0.311. The number of phenols is 1. The summed E-state index contributed by atoms with van der Waals surface area (Å²) in [6.07, 6.45) is 3.94. The van der Waals surface area contributed by atoms with Gasteiger partial charge in [-0.25, -0.2) is 0 Å². The SMILES string of the molecule is CCC(Cc1cn(CC)nn1)c1ccc(O)cc1. The van der Waals surface area contributed by atoms with Crippen LogP contribution >= 0.6 is 0 Å². The smallest absolute Gasteiger partial charge is 0.115 e. The molecule has 0 aliphatic carbocycles. The van der Waals surface area contributed by atoms with E-state index in [0.29, 0.717) is 11.7 Å². The Morgan fingerprint density at radius 3 is 2.50 bits per heavy atom. The van der Waals surface area contributed by atoms with E-state index < -0.39 is 0 Å². The summed E-state index contributed by atoms with van der Waals surface area (Å²) in [6.45, 7) is 5.07. The van der Waals surface area contributed by atoms with Crippen molar-refractivity contribution in [3.05, 3.63) is 41.7 Å². The molecule has 0 spiro atoms. The van der Waals surface area contributed by atoms with E-state index >= 15 is 0 Å². The molecular weight excluding hydrogens is 226 g/mol. The Balaban J connectivity index is 2.11. The molecule has 2 aromatic rings. The third-order valence-corrected chi connectivity index (χ3v) is 3.22. The zero-order valence-corrected chi connectivity index (χ0v) is 10.9. The first-order valence-corrected chi connectivity index (χ1v) is 6.40. The van der Waals surface area contributed by atoms with Gasteiger partial charge in [-0.3, -0.25) is 4.68 Å². The fourth-order valence-electron chi connectivity index (χ4n) is 2.08. The predicted molar refractivity (Wildman–Crippen MR) is 70.5 cm³/mol. The summed E-state index contributed by atoms with van der Waals surface area (Å²) in [5.74, 6) is 0.734. The fraction of sp³-hybridized carbons (Fsp3) is 0.429. The van der Waals surface area contributed by atoms with Gasteiger partial charge in [0.05, 0.1) is 5.69 Å². The lowest BCUT2D eigenvalue weighted by Gasteiger charge is -2.13. The molecule has 18 heavy (non-hydrogen) atoms. The summed E-state index contributed by atoms with van der Waals surface area (Å²) in [7, 11) is 0. The Bertz CT molecular complexity index is 490. The molecule has 1 unspecified atom stereocenters. The summed E-state index contributed by atoms with van der Waals surface area (Å²) < 4.78 is 1.85. The van der Waals surface area contributed by atoms with Gasteiger partial charge in [0.25, 0.3) is 0 Å². The van der Waals surface area contributed by atoms with Crippen LogP contribution in [0.1, 0.15) is 37.4 Å². The zero-order chi connectivity index (χ0) is 13.0. The van der Waals surface area contributed by atoms with Crippen LogP contribution in [0, 0.1) is 0 Å². The summed E-state index contributed by atoms with van der Waals surface area (Å²) in [5, 5.41) is 17.5. The number of hydrogen-bond donors (Lipinski definition) is 1. The van der Waals surface area contributed by atoms with Crippen LogP contribution in [0.2, 0.25) is 0 Å². The fourth-order valence-corrected chi connectivity index (χ4v) is 2.08. The number of nitrogens with zero attached hydrogens (tertiary/aromatic N) is 3. The lowest BCUT2D eigenvalue weighted by atomic mass is 9.92. The molecule has 4 nitrogen and oxygen atoms in total. The van der Waals surface area contributed by atoms with E-state index in [4.69, 9.17) is 0 Å². The van der Waals surface area contributed by atoms with E-state index in [1.807, 2.05) is 23.0 Å². The number of aryl methyl sites for hydroxylation is 1. The van der Waals surface area contributed by atoms with Crippen molar-refractivity contribution in [2.24, 2.45) is 0 Å². The third-order valence-electron chi connectivity index (χ3n) is 3.22. The number of aromatic nitrogens is 3. The van der Waals surface area contributed by atoms with Crippen LogP contribution in [0.3, 0.4) is 0 Å². The quantitative estimate of drug-likeness (QED) is 0.881. The van der Waals surface area contributed by atoms with Crippen LogP contribution < -0.4 is 0 Å². The van der Waals surface area contributed by atoms with E-state index in [1.54, 1.807) is 12.1 Å². The van der Waals surface area contributed by atoms with Crippen molar-refractivity contribution in [3.63, 3.8) is 0 Å². The van der Waals surface area contributed by atoms with Gasteiger partial charge in [0.2, 0.25) is 0 Å². The van der Waals surface area contributed by atoms with E-state index in [9.17, 15) is 5.11 Å². The molecule has 1 heterocycles. The Morgan fingerprint density at radius 2 is 1.94 bits per heavy atom. The molecule has 1 aromatic heterocycles. The molecule has 0 saturated carbocycles. The normalized spacial score (nSPS) is 12.6. The number of aromatic hydroxyl groups is 1. The van der Waals surface area contributed by atoms with E-state index in [2.05, 4.69) is 24.2 Å². The second-order valence-electron chi connectivity index (χ2n) is 4.47. The lowest BCUT2D eigenvalue weighted by molar-refractivity contribution is 0.474. The first-order valence-electron chi connectivity index (χ1n) is 6.40. The van der Waals surface area contributed by atoms with Crippen LogP contribution in [0.5, 0.6) is 5.75 Å². The first kappa shape index (κ1) is 12.6. The summed E-state index contributed by atoms with van der Waals surface area (Å²) in [4.78, 5) is 0. The number of phenolic OH excluding ortho intramolecular Hbond substituents is 1. The van der Waals surface area contributed by atoms with Crippen LogP contribution in [0.25, 0.3) is 0 Å². The molecule has 0 aliphatic heterocycles. The molecule has 1 aromatic carbocycles. The first-order chi connectivity index (χ1) is 8.72. The van der Waals surface area contributed by atoms with Gasteiger partial charge in [-0.2, -0.15) is 0 Å². The maximum Gasteiger partial charge on any atom is 0.115 e. The number of hydrogen-bond acceptors (Lipinski definition) is 3. The van der Waals surface area contributed by atoms with Crippen molar-refractivity contribution >= 4 is 0 Å². The summed E-state index contributed by atoms with van der Waals surface area (Å²) in [5.41, 5.74) is 2.26. The highest BCUT2D eigenvalue weighted by Crippen LogP contribution is 2.24. The van der Waals surface area contributed by atoms with Crippen LogP contribution in [-0.2, 0) is 13.0 Å². The van der Waals surface area contributed by atoms with Crippen molar-refractivity contribution < 1.29 is 5.11 Å². The van der Waals surface area contributed by atoms with E-state index in [-0.39, 0.29) is 0 Å². The molecule has 0 fully saturated rings. The molecule has 2 rings (SSSR count). The maximum absolute atomic E-state index is 9.31. The minimum Gasteiger partial charge on any atom is -0.508 e. The highest BCUT2D eigenvalue weighted by Gasteiger charge is 2.12. The van der Waals surface area contributed by atoms with Crippen molar-refractivity contribution in [1.29, 1.82) is 0 Å². The van der Waals surface area contributed by atoms with Gasteiger partial charge in [-0.15, -0.1) is 5.10 Å². The van der Waals surface area contributed by atoms with Gasteiger partial charge in [0.1, 0.15) is 5.75 Å². The third kappa shape index (κ3) is 2.88. The van der Waals surface area contributed by atoms with Gasteiger partial charge in [-0.05, 0) is 43.4 Å². The predicted octanol–water partition coefficient (Wildman–Crippen LogP) is 2.74. The molecule has 0 saturated heterocycles. The Kier molecular flexibility index (Phi) is 3.97. The molecule has 1 N–H and O–H groups in total. The average Bonchev–Trinajstić information content (AvgIpc) is 2.85.